The molecule has 0 radical (unpaired) electrons. The second kappa shape index (κ2) is 6.98. The largest absolute Gasteiger partial charge is 0.372 e. The quantitative estimate of drug-likeness (QED) is 0.923. The van der Waals surface area contributed by atoms with E-state index >= 15 is 0 Å². The number of imidazole rings is 1. The zero-order chi connectivity index (χ0) is 15.4. The second-order valence-corrected chi connectivity index (χ2v) is 5.56. The summed E-state index contributed by atoms with van der Waals surface area (Å²) >= 11 is 0. The fourth-order valence-electron chi connectivity index (χ4n) is 2.71. The third-order valence-electron chi connectivity index (χ3n) is 4.01. The summed E-state index contributed by atoms with van der Waals surface area (Å²) in [6.45, 7) is 2.39. The van der Waals surface area contributed by atoms with Crippen molar-refractivity contribution in [1.29, 1.82) is 0 Å². The first-order valence-electron chi connectivity index (χ1n) is 7.46. The molecule has 0 atom stereocenters. The molecule has 0 saturated carbocycles. The van der Waals surface area contributed by atoms with Crippen LogP contribution in [0.2, 0.25) is 0 Å². The van der Waals surface area contributed by atoms with E-state index in [4.69, 9.17) is 4.74 Å². The number of benzene rings is 1. The fraction of sp³-hybridized carbons (Fsp3) is 0.438. The molecule has 118 valence electrons. The highest BCUT2D eigenvalue weighted by molar-refractivity contribution is 5.19. The Labute approximate surface area is 128 Å². The molecular weight excluding hydrogens is 288 g/mol. The highest BCUT2D eigenvalue weighted by Crippen LogP contribution is 2.20. The van der Waals surface area contributed by atoms with Crippen molar-refractivity contribution in [3.05, 3.63) is 53.6 Å². The van der Waals surface area contributed by atoms with Crippen LogP contribution in [0, 0.1) is 11.6 Å². The Balaban J connectivity index is 1.47. The molecule has 0 bridgehead atoms. The standard InChI is InChI=1S/C16H19F2N3O/c17-15-2-1-3-16(18)14(15)9-21-6-4-13(5-7-21)22-10-12-8-19-11-20-12/h1-3,8,11,13H,4-7,9-10H2,(H,19,20). The molecule has 2 aromatic rings. The van der Waals surface area contributed by atoms with Gasteiger partial charge < -0.3 is 9.72 Å². The van der Waals surface area contributed by atoms with E-state index in [1.54, 1.807) is 12.5 Å². The average Bonchev–Trinajstić information content (AvgIpc) is 3.04. The highest BCUT2D eigenvalue weighted by Gasteiger charge is 2.21. The smallest absolute Gasteiger partial charge is 0.130 e. The Hall–Kier alpha value is -1.79. The van der Waals surface area contributed by atoms with Gasteiger partial charge in [0, 0.05) is 25.2 Å². The third-order valence-corrected chi connectivity index (χ3v) is 4.01. The van der Waals surface area contributed by atoms with Gasteiger partial charge in [-0.05, 0) is 25.0 Å². The number of aromatic amines is 1. The molecule has 1 fully saturated rings. The van der Waals surface area contributed by atoms with Gasteiger partial charge in [0.1, 0.15) is 11.6 Å². The van der Waals surface area contributed by atoms with Crippen LogP contribution in [0.5, 0.6) is 0 Å². The summed E-state index contributed by atoms with van der Waals surface area (Å²) in [5.41, 5.74) is 1.11. The molecule has 0 aliphatic carbocycles. The van der Waals surface area contributed by atoms with E-state index in [0.717, 1.165) is 31.6 Å². The van der Waals surface area contributed by atoms with Crippen LogP contribution in [0.3, 0.4) is 0 Å². The van der Waals surface area contributed by atoms with Crippen LogP contribution in [0.15, 0.2) is 30.7 Å². The zero-order valence-corrected chi connectivity index (χ0v) is 12.3. The molecule has 0 amide bonds. The molecular formula is C16H19F2N3O. The lowest BCUT2D eigenvalue weighted by molar-refractivity contribution is -0.00542. The number of aromatic nitrogens is 2. The summed E-state index contributed by atoms with van der Waals surface area (Å²) in [5, 5.41) is 0. The van der Waals surface area contributed by atoms with E-state index < -0.39 is 11.6 Å². The minimum Gasteiger partial charge on any atom is -0.372 e. The molecule has 1 aliphatic heterocycles. The number of H-pyrrole nitrogens is 1. The number of hydrogen-bond acceptors (Lipinski definition) is 3. The summed E-state index contributed by atoms with van der Waals surface area (Å²) in [7, 11) is 0. The van der Waals surface area contributed by atoms with Crippen LogP contribution < -0.4 is 0 Å². The SMILES string of the molecule is Fc1cccc(F)c1CN1CCC(OCc2cnc[nH]2)CC1. The van der Waals surface area contributed by atoms with E-state index in [0.29, 0.717) is 13.2 Å². The molecule has 1 N–H and O–H groups in total. The summed E-state index contributed by atoms with van der Waals surface area (Å²) < 4.78 is 33.1. The molecule has 0 spiro atoms. The molecule has 6 heteroatoms. The van der Waals surface area contributed by atoms with Crippen molar-refractivity contribution in [1.82, 2.24) is 14.9 Å². The molecule has 1 aromatic heterocycles. The van der Waals surface area contributed by atoms with E-state index in [2.05, 4.69) is 14.9 Å². The van der Waals surface area contributed by atoms with Gasteiger partial charge in [-0.25, -0.2) is 13.8 Å². The molecule has 4 nitrogen and oxygen atoms in total. The van der Waals surface area contributed by atoms with Crippen LogP contribution in [-0.4, -0.2) is 34.1 Å². The van der Waals surface area contributed by atoms with Crippen LogP contribution in [-0.2, 0) is 17.9 Å². The lowest BCUT2D eigenvalue weighted by atomic mass is 10.1. The Morgan fingerprint density at radius 1 is 1.23 bits per heavy atom. The van der Waals surface area contributed by atoms with Crippen LogP contribution in [0.4, 0.5) is 8.78 Å². The Morgan fingerprint density at radius 2 is 1.95 bits per heavy atom. The number of rotatable bonds is 5. The number of likely N-dealkylation sites (tertiary alicyclic amines) is 1. The van der Waals surface area contributed by atoms with Gasteiger partial charge in [0.25, 0.3) is 0 Å². The summed E-state index contributed by atoms with van der Waals surface area (Å²) in [6.07, 6.45) is 5.29. The van der Waals surface area contributed by atoms with E-state index in [9.17, 15) is 8.78 Å². The van der Waals surface area contributed by atoms with Gasteiger partial charge in [-0.2, -0.15) is 0 Å². The van der Waals surface area contributed by atoms with E-state index in [-0.39, 0.29) is 11.7 Å². The van der Waals surface area contributed by atoms with Gasteiger partial charge in [0.2, 0.25) is 0 Å². The number of nitrogens with one attached hydrogen (secondary N) is 1. The van der Waals surface area contributed by atoms with Gasteiger partial charge in [0.15, 0.2) is 0 Å². The molecule has 1 aliphatic rings. The predicted molar refractivity (Wildman–Crippen MR) is 78.0 cm³/mol. The molecule has 3 rings (SSSR count). The number of ether oxygens (including phenoxy) is 1. The van der Waals surface area contributed by atoms with Crippen molar-refractivity contribution in [2.24, 2.45) is 0 Å². The van der Waals surface area contributed by atoms with Gasteiger partial charge in [-0.1, -0.05) is 6.07 Å². The third kappa shape index (κ3) is 3.69. The van der Waals surface area contributed by atoms with E-state index in [1.807, 2.05) is 0 Å². The first-order valence-corrected chi connectivity index (χ1v) is 7.46. The number of nitrogens with zero attached hydrogens (tertiary/aromatic N) is 2. The van der Waals surface area contributed by atoms with Crippen molar-refractivity contribution in [3.63, 3.8) is 0 Å². The Bertz CT molecular complexity index is 575. The average molecular weight is 307 g/mol. The van der Waals surface area contributed by atoms with Crippen molar-refractivity contribution < 1.29 is 13.5 Å². The lowest BCUT2D eigenvalue weighted by Gasteiger charge is -2.31. The molecule has 0 unspecified atom stereocenters. The van der Waals surface area contributed by atoms with Gasteiger partial charge in [-0.15, -0.1) is 0 Å². The molecule has 2 heterocycles. The second-order valence-electron chi connectivity index (χ2n) is 5.56. The normalized spacial score (nSPS) is 17.0. The first kappa shape index (κ1) is 15.1. The predicted octanol–water partition coefficient (Wildman–Crippen LogP) is 2.87. The lowest BCUT2D eigenvalue weighted by Crippen LogP contribution is -2.36. The minimum atomic E-state index is -0.474. The topological polar surface area (TPSA) is 41.1 Å². The van der Waals surface area contributed by atoms with Crippen molar-refractivity contribution in [2.45, 2.75) is 32.1 Å². The molecule has 22 heavy (non-hydrogen) atoms. The zero-order valence-electron chi connectivity index (χ0n) is 12.3. The summed E-state index contributed by atoms with van der Waals surface area (Å²) in [6, 6.07) is 4.00. The maximum Gasteiger partial charge on any atom is 0.130 e. The van der Waals surface area contributed by atoms with E-state index in [1.165, 1.54) is 18.2 Å². The van der Waals surface area contributed by atoms with Gasteiger partial charge >= 0.3 is 0 Å². The van der Waals surface area contributed by atoms with Gasteiger partial charge in [0.05, 0.1) is 30.9 Å². The van der Waals surface area contributed by atoms with Crippen LogP contribution in [0.1, 0.15) is 24.1 Å². The van der Waals surface area contributed by atoms with Gasteiger partial charge in [-0.3, -0.25) is 4.90 Å². The number of halogens is 2. The van der Waals surface area contributed by atoms with Crippen molar-refractivity contribution >= 4 is 0 Å². The number of hydrogen-bond donors (Lipinski definition) is 1. The fourth-order valence-corrected chi connectivity index (χ4v) is 2.71. The molecule has 1 aromatic carbocycles. The Morgan fingerprint density at radius 3 is 2.59 bits per heavy atom. The van der Waals surface area contributed by atoms with Crippen molar-refractivity contribution in [2.75, 3.05) is 13.1 Å². The molecule has 1 saturated heterocycles. The maximum atomic E-state index is 13.7. The first-order chi connectivity index (χ1) is 10.7. The van der Waals surface area contributed by atoms with Crippen LogP contribution >= 0.6 is 0 Å². The minimum absolute atomic E-state index is 0.152. The maximum absolute atomic E-state index is 13.7. The Kier molecular flexibility index (Phi) is 4.80. The van der Waals surface area contributed by atoms with Crippen molar-refractivity contribution in [3.8, 4) is 0 Å². The number of piperidine rings is 1. The highest BCUT2D eigenvalue weighted by atomic mass is 19.1. The summed E-state index contributed by atoms with van der Waals surface area (Å²) in [5.74, 6) is -0.949. The monoisotopic (exact) mass is 307 g/mol. The van der Waals surface area contributed by atoms with Crippen LogP contribution in [0.25, 0.3) is 0 Å². The summed E-state index contributed by atoms with van der Waals surface area (Å²) in [4.78, 5) is 9.01.